The number of anilines is 2. The highest BCUT2D eigenvalue weighted by molar-refractivity contribution is 7.13. The summed E-state index contributed by atoms with van der Waals surface area (Å²) in [4.78, 5) is 65.7. The highest BCUT2D eigenvalue weighted by atomic mass is 32.1. The fourth-order valence-corrected chi connectivity index (χ4v) is 7.36. The average Bonchev–Trinajstić information content (AvgIpc) is 3.80. The number of hydrogen-bond acceptors (Lipinski definition) is 12. The van der Waals surface area contributed by atoms with Gasteiger partial charge >= 0.3 is 12.1 Å². The number of nitrogen functional groups attached to an aromatic ring is 2. The van der Waals surface area contributed by atoms with Gasteiger partial charge in [-0.15, -0.1) is 22.7 Å². The van der Waals surface area contributed by atoms with Crippen molar-refractivity contribution in [2.45, 2.75) is 90.0 Å². The number of nitrogens with one attached hydrogen (secondary N) is 4. The second-order valence-electron chi connectivity index (χ2n) is 15.0. The second kappa shape index (κ2) is 21.5. The van der Waals surface area contributed by atoms with Crippen molar-refractivity contribution in [3.05, 3.63) is 93.9 Å². The molecule has 6 atom stereocenters. The maximum atomic E-state index is 14.0. The Balaban J connectivity index is 1.55. The fourth-order valence-electron chi connectivity index (χ4n) is 6.25. The zero-order valence-corrected chi connectivity index (χ0v) is 35.3. The third-order valence-corrected chi connectivity index (χ3v) is 11.0. The lowest BCUT2D eigenvalue weighted by molar-refractivity contribution is -0.129. The molecule has 2 aromatic heterocycles. The molecule has 2 aromatic carbocycles. The van der Waals surface area contributed by atoms with E-state index < -0.39 is 60.3 Å². The van der Waals surface area contributed by atoms with Crippen LogP contribution in [-0.2, 0) is 35.5 Å². The van der Waals surface area contributed by atoms with Gasteiger partial charge in [-0.1, -0.05) is 88.4 Å². The molecule has 6 amide bonds. The molecule has 0 aliphatic carbocycles. The van der Waals surface area contributed by atoms with Crippen molar-refractivity contribution in [2.75, 3.05) is 25.6 Å². The SMILES string of the molecule is CC(C)[C@H](NC(=O)N(C)Cc1csc(N)n1)C(=O)N[C@@H](Cc1ccccc1)[C@H](O)[C@H](O)[C@H](Cc1ccccc1)NC(=O)[C@@H](NC(=O)N(C)Cc1csc(N)n1)C(C)C. The minimum atomic E-state index is -1.61. The summed E-state index contributed by atoms with van der Waals surface area (Å²) in [5.74, 6) is -1.87. The highest BCUT2D eigenvalue weighted by Crippen LogP contribution is 2.18. The van der Waals surface area contributed by atoms with Crippen LogP contribution in [-0.4, -0.2) is 104 Å². The van der Waals surface area contributed by atoms with E-state index in [0.29, 0.717) is 21.7 Å². The van der Waals surface area contributed by atoms with E-state index in [2.05, 4.69) is 31.2 Å². The Hall–Kier alpha value is -5.30. The molecular weight excluding hydrogens is 781 g/mol. The first-order valence-electron chi connectivity index (χ1n) is 19.0. The molecule has 0 fully saturated rings. The topological polar surface area (TPSA) is 241 Å². The molecule has 2 heterocycles. The van der Waals surface area contributed by atoms with Crippen LogP contribution >= 0.6 is 22.7 Å². The Labute approximate surface area is 347 Å². The lowest BCUT2D eigenvalue weighted by Gasteiger charge is -2.35. The Morgan fingerprint density at radius 1 is 0.621 bits per heavy atom. The number of urea groups is 2. The summed E-state index contributed by atoms with van der Waals surface area (Å²) in [7, 11) is 3.15. The molecule has 0 spiro atoms. The summed E-state index contributed by atoms with van der Waals surface area (Å²) in [5.41, 5.74) is 14.2. The van der Waals surface area contributed by atoms with Crippen LogP contribution < -0.4 is 32.7 Å². The van der Waals surface area contributed by atoms with E-state index >= 15 is 0 Å². The predicted octanol–water partition coefficient (Wildman–Crippen LogP) is 2.97. The van der Waals surface area contributed by atoms with Gasteiger partial charge in [0.2, 0.25) is 11.8 Å². The van der Waals surface area contributed by atoms with E-state index in [1.165, 1.54) is 32.5 Å². The number of benzene rings is 2. The number of aliphatic hydroxyl groups is 2. The van der Waals surface area contributed by atoms with Gasteiger partial charge in [-0.25, -0.2) is 19.6 Å². The summed E-state index contributed by atoms with van der Waals surface area (Å²) in [6.07, 6.45) is -2.99. The van der Waals surface area contributed by atoms with E-state index in [1.54, 1.807) is 52.6 Å². The van der Waals surface area contributed by atoms with Crippen molar-refractivity contribution in [1.29, 1.82) is 0 Å². The molecule has 16 nitrogen and oxygen atoms in total. The number of thiazole rings is 2. The van der Waals surface area contributed by atoms with Crippen LogP contribution in [0.3, 0.4) is 0 Å². The van der Waals surface area contributed by atoms with Gasteiger partial charge in [-0.3, -0.25) is 9.59 Å². The predicted molar refractivity (Wildman–Crippen MR) is 226 cm³/mol. The van der Waals surface area contributed by atoms with Crippen molar-refractivity contribution in [2.24, 2.45) is 11.8 Å². The standard InChI is InChI=1S/C40H56N10O6S2/c1-23(2)31(47-39(55)49(5)19-27-21-57-37(41)43-27)35(53)45-29(17-25-13-9-7-10-14-25)33(51)34(52)30(18-26-15-11-8-12-16-26)46-36(54)32(24(3)4)48-40(56)50(6)20-28-22-58-38(42)44-28/h7-16,21-24,29-34,51-52H,17-20H2,1-6H3,(H2,41,43)(H2,42,44)(H,45,53)(H,46,54)(H,47,55)(H,48,56)/t29-,30-,31-,32-,33-,34+/m0/s1. The molecule has 4 aromatic rings. The number of carbonyl (C=O) groups is 4. The zero-order chi connectivity index (χ0) is 42.5. The molecule has 10 N–H and O–H groups in total. The zero-order valence-electron chi connectivity index (χ0n) is 33.7. The summed E-state index contributed by atoms with van der Waals surface area (Å²) < 4.78 is 0. The van der Waals surface area contributed by atoms with Crippen LogP contribution in [0.4, 0.5) is 19.9 Å². The summed E-state index contributed by atoms with van der Waals surface area (Å²) in [6.45, 7) is 7.47. The Kier molecular flexibility index (Phi) is 16.8. The number of nitrogens with two attached hydrogens (primary N) is 2. The summed E-state index contributed by atoms with van der Waals surface area (Å²) in [5, 5.41) is 39.6. The maximum absolute atomic E-state index is 14.0. The van der Waals surface area contributed by atoms with E-state index in [4.69, 9.17) is 11.5 Å². The Morgan fingerprint density at radius 3 is 1.26 bits per heavy atom. The first kappa shape index (κ1) is 45.4. The van der Waals surface area contributed by atoms with Crippen LogP contribution in [0.1, 0.15) is 50.2 Å². The molecule has 0 bridgehead atoms. The number of carbonyl (C=O) groups excluding carboxylic acids is 4. The number of aliphatic hydroxyl groups excluding tert-OH is 2. The number of rotatable bonds is 19. The second-order valence-corrected chi connectivity index (χ2v) is 16.8. The Bertz CT molecular complexity index is 1790. The molecule has 0 saturated carbocycles. The van der Waals surface area contributed by atoms with Crippen LogP contribution in [0.25, 0.3) is 0 Å². The van der Waals surface area contributed by atoms with Gasteiger partial charge in [-0.05, 0) is 35.8 Å². The molecule has 0 saturated heterocycles. The molecule has 0 unspecified atom stereocenters. The van der Waals surface area contributed by atoms with Crippen molar-refractivity contribution >= 4 is 56.8 Å². The molecule has 0 radical (unpaired) electrons. The molecule has 4 rings (SSSR count). The van der Waals surface area contributed by atoms with Crippen LogP contribution in [0.15, 0.2) is 71.4 Å². The van der Waals surface area contributed by atoms with Crippen molar-refractivity contribution in [3.63, 3.8) is 0 Å². The lowest BCUT2D eigenvalue weighted by Crippen LogP contribution is -2.62. The first-order chi connectivity index (χ1) is 27.5. The van der Waals surface area contributed by atoms with E-state index in [-0.39, 0.29) is 37.8 Å². The largest absolute Gasteiger partial charge is 0.388 e. The lowest BCUT2D eigenvalue weighted by atomic mass is 9.90. The first-order valence-corrected chi connectivity index (χ1v) is 20.8. The number of amides is 6. The minimum Gasteiger partial charge on any atom is -0.388 e. The van der Waals surface area contributed by atoms with Gasteiger partial charge in [0.15, 0.2) is 10.3 Å². The third-order valence-electron chi connectivity index (χ3n) is 9.51. The van der Waals surface area contributed by atoms with Gasteiger partial charge in [0, 0.05) is 24.9 Å². The van der Waals surface area contributed by atoms with Crippen LogP contribution in [0.5, 0.6) is 0 Å². The van der Waals surface area contributed by atoms with Crippen molar-refractivity contribution < 1.29 is 29.4 Å². The van der Waals surface area contributed by atoms with Gasteiger partial charge in [0.05, 0.1) is 36.6 Å². The normalized spacial score (nSPS) is 14.4. The number of aromatic nitrogens is 2. The molecule has 314 valence electrons. The van der Waals surface area contributed by atoms with Crippen LogP contribution in [0, 0.1) is 11.8 Å². The average molecular weight is 837 g/mol. The van der Waals surface area contributed by atoms with Gasteiger partial charge < -0.3 is 52.7 Å². The molecule has 0 aliphatic rings. The van der Waals surface area contributed by atoms with Gasteiger partial charge in [0.1, 0.15) is 24.3 Å². The smallest absolute Gasteiger partial charge is 0.318 e. The van der Waals surface area contributed by atoms with Crippen molar-refractivity contribution in [1.82, 2.24) is 41.0 Å². The van der Waals surface area contributed by atoms with E-state index in [1.807, 2.05) is 60.7 Å². The fraction of sp³-hybridized carbons (Fsp3) is 0.450. The monoisotopic (exact) mass is 836 g/mol. The van der Waals surface area contributed by atoms with E-state index in [0.717, 1.165) is 11.1 Å². The minimum absolute atomic E-state index is 0.113. The number of nitrogens with zero attached hydrogens (tertiary/aromatic N) is 4. The molecule has 18 heteroatoms. The van der Waals surface area contributed by atoms with Crippen molar-refractivity contribution in [3.8, 4) is 0 Å². The quantitative estimate of drug-likeness (QED) is 0.0687. The number of hydrogen-bond donors (Lipinski definition) is 8. The van der Waals surface area contributed by atoms with Gasteiger partial charge in [0.25, 0.3) is 0 Å². The van der Waals surface area contributed by atoms with E-state index in [9.17, 15) is 29.4 Å². The highest BCUT2D eigenvalue weighted by Gasteiger charge is 2.38. The molecule has 0 aliphatic heterocycles. The maximum Gasteiger partial charge on any atom is 0.318 e. The summed E-state index contributed by atoms with van der Waals surface area (Å²) >= 11 is 2.52. The third kappa shape index (κ3) is 13.4. The summed E-state index contributed by atoms with van der Waals surface area (Å²) in [6, 6.07) is 13.1. The van der Waals surface area contributed by atoms with Crippen LogP contribution in [0.2, 0.25) is 0 Å². The molecule has 58 heavy (non-hydrogen) atoms. The Morgan fingerprint density at radius 2 is 0.966 bits per heavy atom. The van der Waals surface area contributed by atoms with Gasteiger partial charge in [-0.2, -0.15) is 0 Å². The molecular formula is C40H56N10O6S2.